The molecule has 1 aromatic carbocycles. The van der Waals surface area contributed by atoms with Crippen molar-refractivity contribution in [3.8, 4) is 0 Å². The summed E-state index contributed by atoms with van der Waals surface area (Å²) in [7, 11) is 0. The minimum Gasteiger partial charge on any atom is -0.452 e. The molecule has 0 bridgehead atoms. The topological polar surface area (TPSA) is 94.3 Å². The van der Waals surface area contributed by atoms with Crippen molar-refractivity contribution in [2.75, 3.05) is 11.9 Å². The van der Waals surface area contributed by atoms with Gasteiger partial charge in [0.25, 0.3) is 5.91 Å². The number of ether oxygens (including phenoxy) is 1. The van der Waals surface area contributed by atoms with Crippen LogP contribution in [0.5, 0.6) is 0 Å². The van der Waals surface area contributed by atoms with Gasteiger partial charge < -0.3 is 14.6 Å². The van der Waals surface area contributed by atoms with Gasteiger partial charge in [-0.3, -0.25) is 4.79 Å². The van der Waals surface area contributed by atoms with E-state index in [0.29, 0.717) is 17.1 Å². The zero-order valence-electron chi connectivity index (χ0n) is 13.8. The molecule has 2 aromatic heterocycles. The van der Waals surface area contributed by atoms with Gasteiger partial charge in [0.15, 0.2) is 12.4 Å². The fraction of sp³-hybridized carbons (Fsp3) is 0.176. The molecule has 9 heteroatoms. The Kier molecular flexibility index (Phi) is 6.03. The standard InChI is InChI=1S/C17H15N3O4S2/c1-11-6-15(20-24-11)19-16(21)7-23-17(22)13-4-2-3-5-14(13)26-9-12-8-25-10-18-12/h2-6,8,10H,7,9H2,1H3,(H,19,20,21). The maximum absolute atomic E-state index is 12.3. The van der Waals surface area contributed by atoms with Crippen molar-refractivity contribution in [3.63, 3.8) is 0 Å². The van der Waals surface area contributed by atoms with Gasteiger partial charge in [-0.05, 0) is 19.1 Å². The van der Waals surface area contributed by atoms with Gasteiger partial charge in [-0.15, -0.1) is 23.1 Å². The minimum atomic E-state index is -0.558. The van der Waals surface area contributed by atoms with E-state index in [4.69, 9.17) is 9.26 Å². The predicted molar refractivity (Wildman–Crippen MR) is 98.3 cm³/mol. The molecule has 2 heterocycles. The number of carbonyl (C=O) groups is 2. The SMILES string of the molecule is Cc1cc(NC(=O)COC(=O)c2ccccc2SCc2cscn2)no1. The number of aryl methyl sites for hydroxylation is 1. The van der Waals surface area contributed by atoms with Crippen LogP contribution < -0.4 is 5.32 Å². The molecule has 3 aromatic rings. The van der Waals surface area contributed by atoms with Crippen LogP contribution >= 0.6 is 23.1 Å². The van der Waals surface area contributed by atoms with Gasteiger partial charge in [0.05, 0.1) is 16.8 Å². The number of amides is 1. The minimum absolute atomic E-state index is 0.280. The lowest BCUT2D eigenvalue weighted by molar-refractivity contribution is -0.119. The number of rotatable bonds is 7. The van der Waals surface area contributed by atoms with Crippen LogP contribution in [0, 0.1) is 6.92 Å². The number of thiazole rings is 1. The second-order valence-corrected chi connectivity index (χ2v) is 6.95. The molecule has 1 amide bonds. The van der Waals surface area contributed by atoms with Crippen LogP contribution in [-0.4, -0.2) is 28.6 Å². The quantitative estimate of drug-likeness (QED) is 0.488. The van der Waals surface area contributed by atoms with Crippen LogP contribution in [0.15, 0.2) is 50.6 Å². The van der Waals surface area contributed by atoms with Crippen LogP contribution in [-0.2, 0) is 15.3 Å². The molecular formula is C17H15N3O4S2. The highest BCUT2D eigenvalue weighted by Gasteiger charge is 2.15. The third-order valence-electron chi connectivity index (χ3n) is 3.20. The van der Waals surface area contributed by atoms with Crippen molar-refractivity contribution in [2.45, 2.75) is 17.6 Å². The summed E-state index contributed by atoms with van der Waals surface area (Å²) < 4.78 is 9.96. The van der Waals surface area contributed by atoms with Crippen LogP contribution in [0.3, 0.4) is 0 Å². The molecule has 0 saturated carbocycles. The summed E-state index contributed by atoms with van der Waals surface area (Å²) in [4.78, 5) is 29.2. The first-order valence-corrected chi connectivity index (χ1v) is 9.54. The summed E-state index contributed by atoms with van der Waals surface area (Å²) in [6.45, 7) is 1.30. The highest BCUT2D eigenvalue weighted by Crippen LogP contribution is 2.26. The van der Waals surface area contributed by atoms with Crippen molar-refractivity contribution < 1.29 is 18.8 Å². The number of nitrogens with zero attached hydrogens (tertiary/aromatic N) is 2. The summed E-state index contributed by atoms with van der Waals surface area (Å²) in [6, 6.07) is 8.68. The fourth-order valence-electron chi connectivity index (χ4n) is 2.03. The van der Waals surface area contributed by atoms with Crippen molar-refractivity contribution in [3.05, 3.63) is 58.2 Å². The van der Waals surface area contributed by atoms with Crippen LogP contribution in [0.2, 0.25) is 0 Å². The third kappa shape index (κ3) is 4.93. The monoisotopic (exact) mass is 389 g/mol. The first kappa shape index (κ1) is 18.2. The molecule has 0 aliphatic heterocycles. The van der Waals surface area contributed by atoms with E-state index in [9.17, 15) is 9.59 Å². The molecule has 0 unspecified atom stereocenters. The van der Waals surface area contributed by atoms with Gasteiger partial charge in [-0.25, -0.2) is 9.78 Å². The van der Waals surface area contributed by atoms with Gasteiger partial charge in [0, 0.05) is 22.1 Å². The van der Waals surface area contributed by atoms with Gasteiger partial charge in [0.2, 0.25) is 0 Å². The number of benzene rings is 1. The maximum Gasteiger partial charge on any atom is 0.339 e. The Labute approximate surface area is 157 Å². The van der Waals surface area contributed by atoms with E-state index in [1.54, 1.807) is 30.6 Å². The lowest BCUT2D eigenvalue weighted by Crippen LogP contribution is -2.21. The molecule has 26 heavy (non-hydrogen) atoms. The third-order valence-corrected chi connectivity index (χ3v) is 4.94. The molecule has 0 fully saturated rings. The number of esters is 1. The molecule has 7 nitrogen and oxygen atoms in total. The summed E-state index contributed by atoms with van der Waals surface area (Å²) in [5.74, 6) is 0.461. The Hall–Kier alpha value is -2.65. The number of carbonyl (C=O) groups excluding carboxylic acids is 2. The second-order valence-electron chi connectivity index (χ2n) is 5.21. The first-order valence-electron chi connectivity index (χ1n) is 7.61. The normalized spacial score (nSPS) is 10.5. The van der Waals surface area contributed by atoms with E-state index in [2.05, 4.69) is 15.5 Å². The molecule has 134 valence electrons. The van der Waals surface area contributed by atoms with Crippen molar-refractivity contribution in [1.82, 2.24) is 10.1 Å². The van der Waals surface area contributed by atoms with E-state index in [0.717, 1.165) is 10.6 Å². The first-order chi connectivity index (χ1) is 12.6. The van der Waals surface area contributed by atoms with Crippen molar-refractivity contribution in [1.29, 1.82) is 0 Å². The average molecular weight is 389 g/mol. The molecule has 0 atom stereocenters. The number of hydrogen-bond acceptors (Lipinski definition) is 8. The second kappa shape index (κ2) is 8.63. The number of nitrogens with one attached hydrogen (secondary N) is 1. The van der Waals surface area contributed by atoms with Crippen LogP contribution in [0.1, 0.15) is 21.8 Å². The molecule has 0 spiro atoms. The van der Waals surface area contributed by atoms with Crippen molar-refractivity contribution in [2.24, 2.45) is 0 Å². The van der Waals surface area contributed by atoms with Crippen molar-refractivity contribution >= 4 is 40.8 Å². The maximum atomic E-state index is 12.3. The molecule has 1 N–H and O–H groups in total. The molecule has 0 radical (unpaired) electrons. The zero-order valence-corrected chi connectivity index (χ0v) is 15.4. The van der Waals surface area contributed by atoms with Gasteiger partial charge >= 0.3 is 5.97 Å². The lowest BCUT2D eigenvalue weighted by atomic mass is 10.2. The number of aromatic nitrogens is 2. The summed E-state index contributed by atoms with van der Waals surface area (Å²) in [5, 5.41) is 8.10. The number of thioether (sulfide) groups is 1. The Morgan fingerprint density at radius 1 is 1.35 bits per heavy atom. The average Bonchev–Trinajstić information content (AvgIpc) is 3.30. The zero-order chi connectivity index (χ0) is 18.4. The number of anilines is 1. The fourth-order valence-corrected chi connectivity index (χ4v) is 3.64. The van der Waals surface area contributed by atoms with E-state index in [1.807, 2.05) is 17.5 Å². The van der Waals surface area contributed by atoms with E-state index >= 15 is 0 Å². The van der Waals surface area contributed by atoms with Gasteiger partial charge in [-0.1, -0.05) is 17.3 Å². The van der Waals surface area contributed by atoms with Crippen LogP contribution in [0.25, 0.3) is 0 Å². The highest BCUT2D eigenvalue weighted by molar-refractivity contribution is 7.98. The molecule has 0 saturated heterocycles. The summed E-state index contributed by atoms with van der Waals surface area (Å²) in [6.07, 6.45) is 0. The predicted octanol–water partition coefficient (Wildman–Crippen LogP) is 3.53. The number of hydrogen-bond donors (Lipinski definition) is 1. The van der Waals surface area contributed by atoms with E-state index < -0.39 is 18.5 Å². The molecule has 0 aliphatic carbocycles. The molecule has 0 aliphatic rings. The summed E-state index contributed by atoms with van der Waals surface area (Å²) >= 11 is 3.02. The van der Waals surface area contributed by atoms with E-state index in [1.165, 1.54) is 23.1 Å². The van der Waals surface area contributed by atoms with E-state index in [-0.39, 0.29) is 5.82 Å². The van der Waals surface area contributed by atoms with Gasteiger partial charge in [0.1, 0.15) is 5.76 Å². The highest BCUT2D eigenvalue weighted by atomic mass is 32.2. The molecule has 3 rings (SSSR count). The Morgan fingerprint density at radius 3 is 2.92 bits per heavy atom. The van der Waals surface area contributed by atoms with Gasteiger partial charge in [-0.2, -0.15) is 0 Å². The largest absolute Gasteiger partial charge is 0.452 e. The Balaban J connectivity index is 1.56. The van der Waals surface area contributed by atoms with Crippen LogP contribution in [0.4, 0.5) is 5.82 Å². The lowest BCUT2D eigenvalue weighted by Gasteiger charge is -2.08. The smallest absolute Gasteiger partial charge is 0.339 e. The molecular weight excluding hydrogens is 374 g/mol. The summed E-state index contributed by atoms with van der Waals surface area (Å²) in [5.41, 5.74) is 3.13. The Bertz CT molecular complexity index is 893. The Morgan fingerprint density at radius 2 is 2.19 bits per heavy atom.